The van der Waals surface area contributed by atoms with E-state index >= 15 is 0 Å². The molecule has 6 atom stereocenters. The lowest BCUT2D eigenvalue weighted by atomic mass is 9.75. The van der Waals surface area contributed by atoms with Crippen LogP contribution in [-0.2, 0) is 0 Å². The van der Waals surface area contributed by atoms with Crippen molar-refractivity contribution in [1.82, 2.24) is 0 Å². The summed E-state index contributed by atoms with van der Waals surface area (Å²) in [7, 11) is 0. The Labute approximate surface area is 332 Å². The molecular weight excluding hydrogens is 699 g/mol. The number of thiophene rings is 1. The second-order valence-corrected chi connectivity index (χ2v) is 17.3. The minimum absolute atomic E-state index is 0.00754. The molecule has 1 fully saturated rings. The van der Waals surface area contributed by atoms with E-state index in [1.165, 1.54) is 82.6 Å². The summed E-state index contributed by atoms with van der Waals surface area (Å²) in [4.78, 5) is 2.48. The van der Waals surface area contributed by atoms with Gasteiger partial charge in [0.1, 0.15) is 11.9 Å². The van der Waals surface area contributed by atoms with E-state index in [1.807, 2.05) is 11.3 Å². The zero-order valence-corrected chi connectivity index (χ0v) is 31.9. The number of nitrogens with zero attached hydrogens (tertiary/aromatic N) is 1. The monoisotopic (exact) mass is 739 g/mol. The lowest BCUT2D eigenvalue weighted by molar-refractivity contribution is 0.222. The van der Waals surface area contributed by atoms with Crippen LogP contribution in [0.1, 0.15) is 65.0 Å². The average molecular weight is 740 g/mol. The van der Waals surface area contributed by atoms with Gasteiger partial charge in [-0.15, -0.1) is 11.3 Å². The van der Waals surface area contributed by atoms with Crippen molar-refractivity contribution in [2.45, 2.75) is 37.2 Å². The normalized spacial score (nSPS) is 25.1. The Morgan fingerprint density at radius 3 is 2.50 bits per heavy atom. The molecule has 0 N–H and O–H groups in total. The van der Waals surface area contributed by atoms with Crippen LogP contribution in [0.5, 0.6) is 5.75 Å². The van der Waals surface area contributed by atoms with Crippen LogP contribution in [0.3, 0.4) is 0 Å². The number of ether oxygens (including phenoxy) is 1. The summed E-state index contributed by atoms with van der Waals surface area (Å²) in [6.45, 7) is 0. The van der Waals surface area contributed by atoms with E-state index in [0.717, 1.165) is 24.5 Å². The molecule has 0 saturated heterocycles. The molecule has 2 heterocycles. The van der Waals surface area contributed by atoms with E-state index in [4.69, 9.17) is 4.74 Å². The van der Waals surface area contributed by atoms with Crippen LogP contribution in [0.15, 0.2) is 182 Å². The second-order valence-electron chi connectivity index (χ2n) is 16.2. The minimum Gasteiger partial charge on any atom is -0.484 e. The Kier molecular flexibility index (Phi) is 7.41. The Balaban J connectivity index is 0.907. The van der Waals surface area contributed by atoms with Gasteiger partial charge in [0, 0.05) is 66.1 Å². The molecule has 6 aliphatic rings. The van der Waals surface area contributed by atoms with Crippen LogP contribution in [0, 0.1) is 17.8 Å². The molecule has 12 rings (SSSR count). The molecule has 5 aromatic carbocycles. The van der Waals surface area contributed by atoms with Gasteiger partial charge in [-0.2, -0.15) is 0 Å². The SMILES string of the molecule is C1=CCC(c2cccc(N(C3=CCC(C4=CC5c6ccc(C7=CC=CC8CC78)cc6OC5c5ccccc54)C=C3)c3ccc4sc5ccccc5c4c3)c2)C=C1. The van der Waals surface area contributed by atoms with Gasteiger partial charge in [0.05, 0.1) is 0 Å². The van der Waals surface area contributed by atoms with Gasteiger partial charge >= 0.3 is 0 Å². The Morgan fingerprint density at radius 2 is 1.57 bits per heavy atom. The summed E-state index contributed by atoms with van der Waals surface area (Å²) in [5.41, 5.74) is 13.1. The first kappa shape index (κ1) is 32.4. The fourth-order valence-corrected chi connectivity index (χ4v) is 11.1. The number of allylic oxidation sites excluding steroid dienone is 12. The molecule has 1 saturated carbocycles. The zero-order chi connectivity index (χ0) is 36.7. The van der Waals surface area contributed by atoms with Gasteiger partial charge in [-0.25, -0.2) is 0 Å². The maximum Gasteiger partial charge on any atom is 0.135 e. The Hall–Kier alpha value is -5.90. The Morgan fingerprint density at radius 1 is 0.661 bits per heavy atom. The van der Waals surface area contributed by atoms with Crippen LogP contribution in [0.4, 0.5) is 11.4 Å². The smallest absolute Gasteiger partial charge is 0.135 e. The van der Waals surface area contributed by atoms with Crippen LogP contribution in [0.2, 0.25) is 0 Å². The standard InChI is InChI=1S/C53H41NOS/c1-2-10-33(11-3-1)35-12-8-14-39(28-35)54(40-25-27-52-48(31-40)44-16-6-7-19-51(44)56-52)38-23-20-34(21-24-38)47-32-49-43-26-22-37(41-18-9-13-36-29-46(36)41)30-50(43)55-53(49)45-17-5-4-15-42(45)47/h1-10,12-20,22-28,30-34,36,46,49,53H,11,21,29H2. The first-order valence-corrected chi connectivity index (χ1v) is 21.1. The van der Waals surface area contributed by atoms with E-state index in [9.17, 15) is 0 Å². The highest BCUT2D eigenvalue weighted by molar-refractivity contribution is 7.25. The molecule has 0 bridgehead atoms. The molecule has 6 unspecified atom stereocenters. The molecule has 6 aromatic rings. The summed E-state index contributed by atoms with van der Waals surface area (Å²) in [5.74, 6) is 3.30. The van der Waals surface area contributed by atoms with E-state index in [-0.39, 0.29) is 17.9 Å². The first-order valence-electron chi connectivity index (χ1n) is 20.3. The molecule has 1 aliphatic heterocycles. The van der Waals surface area contributed by atoms with Crippen molar-refractivity contribution in [2.24, 2.45) is 17.8 Å². The maximum absolute atomic E-state index is 6.87. The van der Waals surface area contributed by atoms with Gasteiger partial charge in [0.15, 0.2) is 0 Å². The first-order chi connectivity index (χ1) is 27.7. The summed E-state index contributed by atoms with van der Waals surface area (Å²) in [5, 5.41) is 2.64. The van der Waals surface area contributed by atoms with Crippen molar-refractivity contribution >= 4 is 54.0 Å². The zero-order valence-electron chi connectivity index (χ0n) is 31.1. The highest BCUT2D eigenvalue weighted by Crippen LogP contribution is 2.56. The minimum atomic E-state index is 0.00754. The summed E-state index contributed by atoms with van der Waals surface area (Å²) in [6, 6.07) is 41.0. The number of fused-ring (bicyclic) bond motifs is 9. The van der Waals surface area contributed by atoms with Crippen LogP contribution in [-0.4, -0.2) is 0 Å². The molecule has 2 nitrogen and oxygen atoms in total. The molecule has 270 valence electrons. The molecule has 56 heavy (non-hydrogen) atoms. The van der Waals surface area contributed by atoms with E-state index in [2.05, 4.69) is 181 Å². The number of hydrogen-bond donors (Lipinski definition) is 0. The third-order valence-corrected chi connectivity index (χ3v) is 14.1. The highest BCUT2D eigenvalue weighted by atomic mass is 32.1. The fraction of sp³-hybridized carbons (Fsp3) is 0.170. The van der Waals surface area contributed by atoms with Crippen molar-refractivity contribution in [2.75, 3.05) is 4.90 Å². The van der Waals surface area contributed by atoms with E-state index in [0.29, 0.717) is 11.8 Å². The molecule has 0 spiro atoms. The van der Waals surface area contributed by atoms with E-state index < -0.39 is 0 Å². The van der Waals surface area contributed by atoms with Gasteiger partial charge in [0.25, 0.3) is 0 Å². The van der Waals surface area contributed by atoms with Gasteiger partial charge in [-0.1, -0.05) is 127 Å². The third kappa shape index (κ3) is 5.28. The van der Waals surface area contributed by atoms with Gasteiger partial charge in [-0.3, -0.25) is 0 Å². The lowest BCUT2D eigenvalue weighted by Gasteiger charge is -2.33. The van der Waals surface area contributed by atoms with Crippen molar-refractivity contribution < 1.29 is 4.74 Å². The van der Waals surface area contributed by atoms with Gasteiger partial charge in [-0.05, 0) is 107 Å². The van der Waals surface area contributed by atoms with Crippen molar-refractivity contribution in [3.8, 4) is 5.75 Å². The summed E-state index contributed by atoms with van der Waals surface area (Å²) in [6.07, 6.45) is 28.9. The fourth-order valence-electron chi connectivity index (χ4n) is 10.1. The predicted molar refractivity (Wildman–Crippen MR) is 235 cm³/mol. The lowest BCUT2D eigenvalue weighted by Crippen LogP contribution is -2.20. The predicted octanol–water partition coefficient (Wildman–Crippen LogP) is 14.2. The number of benzene rings is 5. The number of rotatable bonds is 6. The maximum atomic E-state index is 6.87. The summed E-state index contributed by atoms with van der Waals surface area (Å²) >= 11 is 1.88. The highest BCUT2D eigenvalue weighted by Gasteiger charge is 2.42. The number of anilines is 2. The molecule has 1 aromatic heterocycles. The number of hydrogen-bond acceptors (Lipinski definition) is 3. The molecule has 3 heteroatoms. The molecule has 0 amide bonds. The summed E-state index contributed by atoms with van der Waals surface area (Å²) < 4.78 is 9.53. The van der Waals surface area contributed by atoms with Crippen LogP contribution in [0.25, 0.3) is 31.3 Å². The van der Waals surface area contributed by atoms with Gasteiger partial charge < -0.3 is 9.64 Å². The molecule has 0 radical (unpaired) electrons. The Bertz CT molecular complexity index is 2820. The molecular formula is C53H41NOS. The largest absolute Gasteiger partial charge is 0.484 e. The topological polar surface area (TPSA) is 12.5 Å². The second kappa shape index (κ2) is 12.8. The van der Waals surface area contributed by atoms with Crippen LogP contribution >= 0.6 is 11.3 Å². The van der Waals surface area contributed by atoms with Crippen molar-refractivity contribution in [1.29, 1.82) is 0 Å². The van der Waals surface area contributed by atoms with Crippen molar-refractivity contribution in [3.63, 3.8) is 0 Å². The van der Waals surface area contributed by atoms with Gasteiger partial charge in [0.2, 0.25) is 0 Å². The molecule has 5 aliphatic carbocycles. The quantitative estimate of drug-likeness (QED) is 0.169. The third-order valence-electron chi connectivity index (χ3n) is 13.0. The average Bonchev–Trinajstić information content (AvgIpc) is 3.84. The van der Waals surface area contributed by atoms with Crippen molar-refractivity contribution in [3.05, 3.63) is 210 Å². The van der Waals surface area contributed by atoms with E-state index in [1.54, 1.807) is 0 Å². The van der Waals surface area contributed by atoms with Crippen LogP contribution < -0.4 is 9.64 Å².